The molecule has 2 unspecified atom stereocenters. The largest absolute Gasteiger partial charge is 0.342 e. The predicted octanol–water partition coefficient (Wildman–Crippen LogP) is 2.09. The smallest absolute Gasteiger partial charge is 0.250 e. The molecule has 21 heavy (non-hydrogen) atoms. The summed E-state index contributed by atoms with van der Waals surface area (Å²) in [5, 5.41) is 2.83. The van der Waals surface area contributed by atoms with Crippen molar-refractivity contribution >= 4 is 17.5 Å². The highest BCUT2D eigenvalue weighted by Gasteiger charge is 2.48. The van der Waals surface area contributed by atoms with Crippen molar-refractivity contribution < 1.29 is 14.0 Å². The normalized spacial score (nSPS) is 26.2. The minimum atomic E-state index is -0.663. The van der Waals surface area contributed by atoms with Gasteiger partial charge in [0.05, 0.1) is 5.69 Å². The van der Waals surface area contributed by atoms with E-state index in [2.05, 4.69) is 5.32 Å². The molecule has 5 heteroatoms. The van der Waals surface area contributed by atoms with Gasteiger partial charge in [0.15, 0.2) is 0 Å². The summed E-state index contributed by atoms with van der Waals surface area (Å²) in [6.07, 6.45) is 1.88. The van der Waals surface area contributed by atoms with E-state index in [1.54, 1.807) is 18.2 Å². The molecule has 2 amide bonds. The average Bonchev–Trinajstić information content (AvgIpc) is 3.25. The van der Waals surface area contributed by atoms with Gasteiger partial charge in [-0.1, -0.05) is 26.0 Å². The van der Waals surface area contributed by atoms with Gasteiger partial charge in [0.1, 0.15) is 17.9 Å². The van der Waals surface area contributed by atoms with E-state index in [4.69, 9.17) is 0 Å². The molecule has 1 heterocycles. The number of halogens is 1. The maximum absolute atomic E-state index is 14.1. The number of carbonyl (C=O) groups excluding carboxylic acids is 2. The summed E-state index contributed by atoms with van der Waals surface area (Å²) >= 11 is 0. The first-order chi connectivity index (χ1) is 10.0. The van der Waals surface area contributed by atoms with Crippen LogP contribution in [0.5, 0.6) is 0 Å². The van der Waals surface area contributed by atoms with E-state index < -0.39 is 17.9 Å². The second-order valence-corrected chi connectivity index (χ2v) is 6.17. The van der Waals surface area contributed by atoms with Crippen LogP contribution in [0.1, 0.15) is 26.7 Å². The van der Waals surface area contributed by atoms with Crippen LogP contribution in [0.4, 0.5) is 10.1 Å². The van der Waals surface area contributed by atoms with Crippen molar-refractivity contribution in [2.24, 2.45) is 11.8 Å². The number of benzene rings is 1. The molecule has 2 atom stereocenters. The third-order valence-electron chi connectivity index (χ3n) is 4.18. The Kier molecular flexibility index (Phi) is 3.43. The van der Waals surface area contributed by atoms with Gasteiger partial charge in [-0.25, -0.2) is 4.39 Å². The van der Waals surface area contributed by atoms with Crippen molar-refractivity contribution in [2.45, 2.75) is 38.8 Å². The summed E-state index contributed by atoms with van der Waals surface area (Å²) in [6.45, 7) is 3.73. The van der Waals surface area contributed by atoms with E-state index in [0.29, 0.717) is 0 Å². The third-order valence-corrected chi connectivity index (χ3v) is 4.18. The fourth-order valence-electron chi connectivity index (χ4n) is 2.97. The molecule has 4 nitrogen and oxygen atoms in total. The SMILES string of the molecule is CC(C)C1C(=O)NC(C2CC2)C(=O)N1c1ccccc1F. The van der Waals surface area contributed by atoms with Crippen molar-refractivity contribution in [1.29, 1.82) is 0 Å². The quantitative estimate of drug-likeness (QED) is 0.926. The van der Waals surface area contributed by atoms with Crippen LogP contribution in [0.15, 0.2) is 24.3 Å². The van der Waals surface area contributed by atoms with Crippen LogP contribution in [0.25, 0.3) is 0 Å². The maximum Gasteiger partial charge on any atom is 0.250 e. The highest BCUT2D eigenvalue weighted by molar-refractivity contribution is 6.08. The Morgan fingerprint density at radius 3 is 2.48 bits per heavy atom. The second-order valence-electron chi connectivity index (χ2n) is 6.17. The predicted molar refractivity (Wildman–Crippen MR) is 77.2 cm³/mol. The van der Waals surface area contributed by atoms with Gasteiger partial charge in [0.25, 0.3) is 5.91 Å². The fraction of sp³-hybridized carbons (Fsp3) is 0.500. The number of carbonyl (C=O) groups is 2. The molecule has 1 aliphatic carbocycles. The van der Waals surface area contributed by atoms with Crippen LogP contribution in [-0.4, -0.2) is 23.9 Å². The van der Waals surface area contributed by atoms with Crippen molar-refractivity contribution in [1.82, 2.24) is 5.32 Å². The molecule has 1 aromatic carbocycles. The number of nitrogens with one attached hydrogen (secondary N) is 1. The van der Waals surface area contributed by atoms with Crippen LogP contribution in [0.2, 0.25) is 0 Å². The Labute approximate surface area is 123 Å². The molecule has 2 aliphatic rings. The van der Waals surface area contributed by atoms with Gasteiger partial charge in [-0.05, 0) is 36.8 Å². The van der Waals surface area contributed by atoms with Gasteiger partial charge < -0.3 is 5.32 Å². The first kappa shape index (κ1) is 14.0. The van der Waals surface area contributed by atoms with E-state index in [9.17, 15) is 14.0 Å². The average molecular weight is 290 g/mol. The Morgan fingerprint density at radius 1 is 1.24 bits per heavy atom. The number of nitrogens with zero attached hydrogens (tertiary/aromatic N) is 1. The molecule has 0 radical (unpaired) electrons. The van der Waals surface area contributed by atoms with E-state index in [-0.39, 0.29) is 29.3 Å². The molecule has 1 N–H and O–H groups in total. The lowest BCUT2D eigenvalue weighted by Crippen LogP contribution is -2.66. The molecule has 1 saturated heterocycles. The minimum absolute atomic E-state index is 0.0892. The van der Waals surface area contributed by atoms with Crippen LogP contribution in [-0.2, 0) is 9.59 Å². The summed E-state index contributed by atoms with van der Waals surface area (Å²) in [4.78, 5) is 26.5. The van der Waals surface area contributed by atoms with E-state index in [1.807, 2.05) is 13.8 Å². The molecule has 2 fully saturated rings. The highest BCUT2D eigenvalue weighted by atomic mass is 19.1. The Morgan fingerprint density at radius 2 is 1.90 bits per heavy atom. The topological polar surface area (TPSA) is 49.4 Å². The van der Waals surface area contributed by atoms with Gasteiger partial charge in [-0.3, -0.25) is 14.5 Å². The molecular formula is C16H19FN2O2. The number of amides is 2. The van der Waals surface area contributed by atoms with Crippen molar-refractivity contribution in [3.8, 4) is 0 Å². The first-order valence-corrected chi connectivity index (χ1v) is 7.38. The number of hydrogen-bond acceptors (Lipinski definition) is 2. The molecule has 0 spiro atoms. The Hall–Kier alpha value is -1.91. The third kappa shape index (κ3) is 2.41. The molecule has 1 aromatic rings. The van der Waals surface area contributed by atoms with Crippen molar-refractivity contribution in [2.75, 3.05) is 4.90 Å². The summed E-state index contributed by atoms with van der Waals surface area (Å²) in [6, 6.07) is 4.97. The zero-order valence-corrected chi connectivity index (χ0v) is 12.2. The standard InChI is InChI=1S/C16H19FN2O2/c1-9(2)14-15(20)18-13(10-7-8-10)16(21)19(14)12-6-4-3-5-11(12)17/h3-6,9-10,13-14H,7-8H2,1-2H3,(H,18,20). The minimum Gasteiger partial charge on any atom is -0.342 e. The zero-order chi connectivity index (χ0) is 15.1. The molecule has 0 aromatic heterocycles. The van der Waals surface area contributed by atoms with E-state index >= 15 is 0 Å². The first-order valence-electron chi connectivity index (χ1n) is 7.38. The van der Waals surface area contributed by atoms with Crippen molar-refractivity contribution in [3.05, 3.63) is 30.1 Å². The monoisotopic (exact) mass is 290 g/mol. The van der Waals surface area contributed by atoms with Gasteiger partial charge in [0, 0.05) is 0 Å². The zero-order valence-electron chi connectivity index (χ0n) is 12.2. The number of rotatable bonds is 3. The van der Waals surface area contributed by atoms with Crippen LogP contribution < -0.4 is 10.2 Å². The van der Waals surface area contributed by atoms with Crippen molar-refractivity contribution in [3.63, 3.8) is 0 Å². The summed E-state index contributed by atoms with van der Waals surface area (Å²) in [5.41, 5.74) is 0.196. The maximum atomic E-state index is 14.1. The molecule has 1 aliphatic heterocycles. The van der Waals surface area contributed by atoms with E-state index in [1.165, 1.54) is 11.0 Å². The number of piperazine rings is 1. The summed E-state index contributed by atoms with van der Waals surface area (Å²) in [5.74, 6) is -0.746. The fourth-order valence-corrected chi connectivity index (χ4v) is 2.97. The molecular weight excluding hydrogens is 271 g/mol. The molecule has 0 bridgehead atoms. The lowest BCUT2D eigenvalue weighted by Gasteiger charge is -2.41. The molecule has 1 saturated carbocycles. The number of hydrogen-bond donors (Lipinski definition) is 1. The summed E-state index contributed by atoms with van der Waals surface area (Å²) < 4.78 is 14.1. The highest BCUT2D eigenvalue weighted by Crippen LogP contribution is 2.37. The second kappa shape index (κ2) is 5.13. The lowest BCUT2D eigenvalue weighted by molar-refractivity contribution is -0.135. The van der Waals surface area contributed by atoms with Gasteiger partial charge >= 0.3 is 0 Å². The molecule has 112 valence electrons. The van der Waals surface area contributed by atoms with Gasteiger partial charge in [-0.2, -0.15) is 0 Å². The van der Waals surface area contributed by atoms with Crippen LogP contribution >= 0.6 is 0 Å². The van der Waals surface area contributed by atoms with Crippen LogP contribution in [0.3, 0.4) is 0 Å². The van der Waals surface area contributed by atoms with Gasteiger partial charge in [0.2, 0.25) is 5.91 Å². The number of anilines is 1. The Bertz CT molecular complexity index is 583. The lowest BCUT2D eigenvalue weighted by atomic mass is 9.94. The van der Waals surface area contributed by atoms with E-state index in [0.717, 1.165) is 12.8 Å². The molecule has 3 rings (SSSR count). The summed E-state index contributed by atoms with van der Waals surface area (Å²) in [7, 11) is 0. The number of para-hydroxylation sites is 1. The van der Waals surface area contributed by atoms with Gasteiger partial charge in [-0.15, -0.1) is 0 Å². The Balaban J connectivity index is 2.03. The van der Waals surface area contributed by atoms with Crippen LogP contribution in [0, 0.1) is 17.7 Å².